The molecule has 2 aromatic carbocycles. The second-order valence-corrected chi connectivity index (χ2v) is 9.64. The molecule has 5 nitrogen and oxygen atoms in total. The van der Waals surface area contributed by atoms with Crippen LogP contribution in [0.3, 0.4) is 0 Å². The summed E-state index contributed by atoms with van der Waals surface area (Å²) in [5, 5.41) is 3.55. The van der Waals surface area contributed by atoms with Gasteiger partial charge in [-0.25, -0.2) is 4.90 Å². The summed E-state index contributed by atoms with van der Waals surface area (Å²) >= 11 is 12.1. The zero-order valence-electron chi connectivity index (χ0n) is 16.3. The van der Waals surface area contributed by atoms with Gasteiger partial charge in [0.05, 0.1) is 28.2 Å². The Morgan fingerprint density at radius 1 is 0.935 bits per heavy atom. The number of halogens is 2. The molecule has 156 valence electrons. The molecule has 1 saturated heterocycles. The third-order valence-electron chi connectivity index (χ3n) is 7.21. The van der Waals surface area contributed by atoms with Crippen molar-refractivity contribution in [3.63, 3.8) is 0 Å². The maximum atomic E-state index is 13.3. The zero-order valence-corrected chi connectivity index (χ0v) is 17.8. The number of hydrogen-bond acceptors (Lipinski definition) is 3. The van der Waals surface area contributed by atoms with Crippen molar-refractivity contribution in [2.45, 2.75) is 6.42 Å². The topological polar surface area (TPSA) is 66.5 Å². The van der Waals surface area contributed by atoms with Crippen LogP contribution in [-0.2, 0) is 9.59 Å². The summed E-state index contributed by atoms with van der Waals surface area (Å²) in [6.45, 7) is 0. The number of nitrogens with one attached hydrogen (secondary N) is 1. The number of hydrogen-bond donors (Lipinski definition) is 1. The molecule has 2 bridgehead atoms. The van der Waals surface area contributed by atoms with Crippen LogP contribution in [0.15, 0.2) is 54.6 Å². The van der Waals surface area contributed by atoms with Crippen LogP contribution in [0.1, 0.15) is 16.8 Å². The normalized spacial score (nSPS) is 32.1. The molecule has 0 spiro atoms. The Morgan fingerprint density at radius 3 is 2.26 bits per heavy atom. The van der Waals surface area contributed by atoms with E-state index in [1.807, 2.05) is 0 Å². The lowest BCUT2D eigenvalue weighted by atomic mass is 9.63. The van der Waals surface area contributed by atoms with Gasteiger partial charge >= 0.3 is 0 Å². The highest BCUT2D eigenvalue weighted by Crippen LogP contribution is 2.65. The quantitative estimate of drug-likeness (QED) is 0.536. The van der Waals surface area contributed by atoms with Crippen molar-refractivity contribution in [2.75, 3.05) is 10.2 Å². The first kappa shape index (κ1) is 19.1. The largest absolute Gasteiger partial charge is 0.321 e. The van der Waals surface area contributed by atoms with E-state index in [0.29, 0.717) is 38.8 Å². The summed E-state index contributed by atoms with van der Waals surface area (Å²) in [4.78, 5) is 40.7. The second-order valence-electron chi connectivity index (χ2n) is 8.80. The summed E-state index contributed by atoms with van der Waals surface area (Å²) in [6.07, 6.45) is 5.42. The van der Waals surface area contributed by atoms with E-state index in [-0.39, 0.29) is 41.4 Å². The van der Waals surface area contributed by atoms with Crippen LogP contribution in [-0.4, -0.2) is 17.7 Å². The van der Waals surface area contributed by atoms with E-state index in [4.69, 9.17) is 23.2 Å². The Morgan fingerprint density at radius 2 is 1.61 bits per heavy atom. The predicted octanol–water partition coefficient (Wildman–Crippen LogP) is 4.80. The highest BCUT2D eigenvalue weighted by Gasteiger charge is 2.67. The fraction of sp³-hybridized carbons (Fsp3) is 0.292. The smallest absolute Gasteiger partial charge is 0.255 e. The molecule has 6 atom stereocenters. The monoisotopic (exact) mass is 452 g/mol. The molecule has 0 aromatic heterocycles. The first-order chi connectivity index (χ1) is 14.9. The van der Waals surface area contributed by atoms with Gasteiger partial charge in [-0.2, -0.15) is 0 Å². The Balaban J connectivity index is 1.28. The van der Waals surface area contributed by atoms with Crippen LogP contribution in [0.2, 0.25) is 10.0 Å². The fourth-order valence-corrected chi connectivity index (χ4v) is 6.24. The van der Waals surface area contributed by atoms with Crippen molar-refractivity contribution in [2.24, 2.45) is 35.5 Å². The molecule has 4 aliphatic carbocycles. The van der Waals surface area contributed by atoms with E-state index in [0.717, 1.165) is 6.42 Å². The van der Waals surface area contributed by atoms with Crippen LogP contribution in [0.4, 0.5) is 11.4 Å². The van der Waals surface area contributed by atoms with Crippen molar-refractivity contribution in [1.29, 1.82) is 0 Å². The summed E-state index contributed by atoms with van der Waals surface area (Å²) in [7, 11) is 0. The average molecular weight is 453 g/mol. The van der Waals surface area contributed by atoms with Crippen LogP contribution < -0.4 is 10.2 Å². The first-order valence-electron chi connectivity index (χ1n) is 10.4. The molecule has 2 aromatic rings. The van der Waals surface area contributed by atoms with Crippen molar-refractivity contribution < 1.29 is 14.4 Å². The van der Waals surface area contributed by atoms with E-state index in [2.05, 4.69) is 17.5 Å². The number of allylic oxidation sites excluding steroid dienone is 2. The van der Waals surface area contributed by atoms with Gasteiger partial charge in [-0.1, -0.05) is 41.4 Å². The van der Waals surface area contributed by atoms with Crippen molar-refractivity contribution in [3.05, 3.63) is 70.2 Å². The van der Waals surface area contributed by atoms with Gasteiger partial charge in [-0.05, 0) is 66.5 Å². The third-order valence-corrected chi connectivity index (χ3v) is 7.76. The predicted molar refractivity (Wildman–Crippen MR) is 118 cm³/mol. The molecule has 0 radical (unpaired) electrons. The van der Waals surface area contributed by atoms with E-state index in [9.17, 15) is 14.4 Å². The van der Waals surface area contributed by atoms with E-state index < -0.39 is 0 Å². The molecule has 3 amide bonds. The average Bonchev–Trinajstić information content (AvgIpc) is 3.53. The molecule has 1 aliphatic heterocycles. The van der Waals surface area contributed by atoms with E-state index in [1.54, 1.807) is 42.5 Å². The van der Waals surface area contributed by atoms with Crippen LogP contribution >= 0.6 is 23.2 Å². The minimum atomic E-state index is -0.384. The number of carbonyl (C=O) groups is 3. The molecule has 31 heavy (non-hydrogen) atoms. The summed E-state index contributed by atoms with van der Waals surface area (Å²) < 4.78 is 0. The Labute approximate surface area is 189 Å². The number of nitrogens with zero attached hydrogens (tertiary/aromatic N) is 1. The standard InChI is InChI=1S/C24H18Cl2N2O3/c25-12-4-7-19(18(26)9-12)27-22(29)11-2-1-3-13(8-11)28-23(30)20-14-5-6-15(17-10-16(14)17)21(20)24(28)31/h1-9,14-17,20-21H,10H2,(H,27,29)/t14-,15-,16-,17+,20+,21+/m0/s1. The molecule has 7 rings (SSSR count). The fourth-order valence-electron chi connectivity index (χ4n) is 5.78. The van der Waals surface area contributed by atoms with Gasteiger partial charge in [0, 0.05) is 10.6 Å². The van der Waals surface area contributed by atoms with Gasteiger partial charge in [0.25, 0.3) is 5.91 Å². The molecular weight excluding hydrogens is 435 g/mol. The van der Waals surface area contributed by atoms with Gasteiger partial charge in [0.15, 0.2) is 0 Å². The molecule has 7 heteroatoms. The number of rotatable bonds is 3. The molecule has 0 unspecified atom stereocenters. The maximum absolute atomic E-state index is 13.3. The highest BCUT2D eigenvalue weighted by atomic mass is 35.5. The van der Waals surface area contributed by atoms with E-state index in [1.165, 1.54) is 4.90 Å². The highest BCUT2D eigenvalue weighted by molar-refractivity contribution is 6.36. The van der Waals surface area contributed by atoms with Crippen LogP contribution in [0.5, 0.6) is 0 Å². The second kappa shape index (κ2) is 6.68. The van der Waals surface area contributed by atoms with Crippen molar-refractivity contribution in [1.82, 2.24) is 0 Å². The summed E-state index contributed by atoms with van der Waals surface area (Å²) in [5.74, 6) is 0.234. The van der Waals surface area contributed by atoms with Gasteiger partial charge in [0.1, 0.15) is 0 Å². The van der Waals surface area contributed by atoms with Gasteiger partial charge in [0.2, 0.25) is 11.8 Å². The van der Waals surface area contributed by atoms with E-state index >= 15 is 0 Å². The molecule has 1 N–H and O–H groups in total. The minimum absolute atomic E-state index is 0.141. The van der Waals surface area contributed by atoms with Crippen molar-refractivity contribution in [3.8, 4) is 0 Å². The Kier molecular flexibility index (Phi) is 4.11. The van der Waals surface area contributed by atoms with Crippen LogP contribution in [0, 0.1) is 35.5 Å². The Hall–Kier alpha value is -2.63. The lowest BCUT2D eigenvalue weighted by Crippen LogP contribution is -2.40. The number of amides is 3. The lowest BCUT2D eigenvalue weighted by Gasteiger charge is -2.37. The SMILES string of the molecule is O=C(Nc1ccc(Cl)cc1Cl)c1cccc(N2C(=O)[C@@H]3[C@H]4C=C[C@@H]([C@@H]5C[C@H]45)[C@H]3C2=O)c1. The molecule has 3 fully saturated rings. The zero-order chi connectivity index (χ0) is 21.4. The number of carbonyl (C=O) groups excluding carboxylic acids is 3. The third kappa shape index (κ3) is 2.80. The molecule has 2 saturated carbocycles. The van der Waals surface area contributed by atoms with Crippen molar-refractivity contribution >= 4 is 52.3 Å². The maximum Gasteiger partial charge on any atom is 0.255 e. The molecule has 1 heterocycles. The Bertz CT molecular complexity index is 1160. The summed E-state index contributed by atoms with van der Waals surface area (Å²) in [5.41, 5.74) is 1.21. The van der Waals surface area contributed by atoms with Crippen LogP contribution in [0.25, 0.3) is 0 Å². The van der Waals surface area contributed by atoms with Gasteiger partial charge < -0.3 is 5.32 Å². The number of anilines is 2. The summed E-state index contributed by atoms with van der Waals surface area (Å²) in [6, 6.07) is 11.4. The first-order valence-corrected chi connectivity index (χ1v) is 11.1. The number of imide groups is 1. The minimum Gasteiger partial charge on any atom is -0.321 e. The molecular formula is C24H18Cl2N2O3. The lowest BCUT2D eigenvalue weighted by molar-refractivity contribution is -0.124. The van der Waals surface area contributed by atoms with Gasteiger partial charge in [-0.15, -0.1) is 0 Å². The molecule has 5 aliphatic rings. The number of benzene rings is 2. The van der Waals surface area contributed by atoms with Gasteiger partial charge in [-0.3, -0.25) is 14.4 Å².